The largest absolute Gasteiger partial charge is 0.301 e. The van der Waals surface area contributed by atoms with Crippen LogP contribution in [0, 0.1) is 0 Å². The standard InChI is InChI=1S/C17H14N4O2/c1-12-16(19-18-15-10-6-5-7-13(15)11-22)17(23)21(20-12)14-8-3-2-4-9-14/h2-11,18H,1H3/b19-16-. The number of benzene rings is 2. The van der Waals surface area contributed by atoms with Crippen molar-refractivity contribution in [1.29, 1.82) is 0 Å². The van der Waals surface area contributed by atoms with Crippen LogP contribution in [0.5, 0.6) is 0 Å². The highest BCUT2D eigenvalue weighted by atomic mass is 16.2. The highest BCUT2D eigenvalue weighted by Gasteiger charge is 2.30. The Bertz CT molecular complexity index is 812. The SMILES string of the molecule is CC1=NN(c2ccccc2)C(=O)/C1=N\Nc1ccccc1C=O. The van der Waals surface area contributed by atoms with Gasteiger partial charge in [0.15, 0.2) is 12.0 Å². The number of carbonyl (C=O) groups is 2. The van der Waals surface area contributed by atoms with E-state index in [9.17, 15) is 9.59 Å². The summed E-state index contributed by atoms with van der Waals surface area (Å²) in [6, 6.07) is 16.1. The van der Waals surface area contributed by atoms with Crippen LogP contribution in [0.1, 0.15) is 17.3 Å². The average Bonchev–Trinajstić information content (AvgIpc) is 2.88. The Hall–Kier alpha value is -3.28. The lowest BCUT2D eigenvalue weighted by atomic mass is 10.2. The number of aldehydes is 1. The maximum Gasteiger partial charge on any atom is 0.301 e. The van der Waals surface area contributed by atoms with E-state index in [1.807, 2.05) is 18.2 Å². The molecule has 6 heteroatoms. The second-order valence-electron chi connectivity index (χ2n) is 4.92. The van der Waals surface area contributed by atoms with E-state index in [0.717, 1.165) is 6.29 Å². The van der Waals surface area contributed by atoms with E-state index >= 15 is 0 Å². The third-order valence-electron chi connectivity index (χ3n) is 3.36. The minimum absolute atomic E-state index is 0.217. The van der Waals surface area contributed by atoms with Crippen LogP contribution < -0.4 is 10.4 Å². The zero-order valence-corrected chi connectivity index (χ0v) is 12.4. The zero-order chi connectivity index (χ0) is 16.2. The van der Waals surface area contributed by atoms with Crippen LogP contribution in [-0.2, 0) is 4.79 Å². The van der Waals surface area contributed by atoms with Crippen molar-refractivity contribution in [2.24, 2.45) is 10.2 Å². The van der Waals surface area contributed by atoms with Crippen LogP contribution >= 0.6 is 0 Å². The lowest BCUT2D eigenvalue weighted by Gasteiger charge is -2.10. The Morgan fingerprint density at radius 3 is 2.52 bits per heavy atom. The summed E-state index contributed by atoms with van der Waals surface area (Å²) < 4.78 is 0. The van der Waals surface area contributed by atoms with Crippen LogP contribution in [0.2, 0.25) is 0 Å². The van der Waals surface area contributed by atoms with Gasteiger partial charge in [0.25, 0.3) is 0 Å². The van der Waals surface area contributed by atoms with E-state index in [1.165, 1.54) is 5.01 Å². The van der Waals surface area contributed by atoms with Crippen molar-refractivity contribution >= 4 is 35.0 Å². The molecule has 0 fully saturated rings. The first-order valence-corrected chi connectivity index (χ1v) is 7.03. The van der Waals surface area contributed by atoms with Crippen LogP contribution in [-0.4, -0.2) is 23.6 Å². The molecule has 0 unspecified atom stereocenters. The van der Waals surface area contributed by atoms with E-state index in [4.69, 9.17) is 0 Å². The Kier molecular flexibility index (Phi) is 3.97. The molecule has 2 aromatic carbocycles. The molecule has 23 heavy (non-hydrogen) atoms. The molecule has 1 N–H and O–H groups in total. The first-order chi connectivity index (χ1) is 11.2. The Morgan fingerprint density at radius 1 is 1.09 bits per heavy atom. The summed E-state index contributed by atoms with van der Waals surface area (Å²) in [6.45, 7) is 1.72. The summed E-state index contributed by atoms with van der Waals surface area (Å²) in [4.78, 5) is 23.5. The molecule has 6 nitrogen and oxygen atoms in total. The van der Waals surface area contributed by atoms with Crippen molar-refractivity contribution in [3.63, 3.8) is 0 Å². The predicted octanol–water partition coefficient (Wildman–Crippen LogP) is 2.69. The van der Waals surface area contributed by atoms with Gasteiger partial charge in [-0.15, -0.1) is 0 Å². The maximum absolute atomic E-state index is 12.5. The highest BCUT2D eigenvalue weighted by Crippen LogP contribution is 2.19. The van der Waals surface area contributed by atoms with Gasteiger partial charge in [-0.3, -0.25) is 15.0 Å². The number of hydrogen-bond acceptors (Lipinski definition) is 5. The lowest BCUT2D eigenvalue weighted by molar-refractivity contribution is -0.112. The molecule has 1 heterocycles. The van der Waals surface area contributed by atoms with Crippen molar-refractivity contribution < 1.29 is 9.59 Å². The first kappa shape index (κ1) is 14.6. The quantitative estimate of drug-likeness (QED) is 0.697. The fourth-order valence-corrected chi connectivity index (χ4v) is 2.19. The van der Waals surface area contributed by atoms with Crippen LogP contribution in [0.25, 0.3) is 0 Å². The normalized spacial score (nSPS) is 15.7. The van der Waals surface area contributed by atoms with Gasteiger partial charge in [0, 0.05) is 5.56 Å². The number of hydrazone groups is 2. The van der Waals surface area contributed by atoms with E-state index in [2.05, 4.69) is 15.6 Å². The average molecular weight is 306 g/mol. The molecule has 0 radical (unpaired) electrons. The second-order valence-corrected chi connectivity index (χ2v) is 4.92. The first-order valence-electron chi connectivity index (χ1n) is 7.03. The van der Waals surface area contributed by atoms with E-state index in [0.29, 0.717) is 22.6 Å². The molecule has 0 spiro atoms. The van der Waals surface area contributed by atoms with Gasteiger partial charge in [-0.25, -0.2) is 0 Å². The molecule has 0 saturated heterocycles. The smallest absolute Gasteiger partial charge is 0.298 e. The molecule has 2 aromatic rings. The summed E-state index contributed by atoms with van der Waals surface area (Å²) in [5.41, 5.74) is 5.18. The molecule has 0 atom stereocenters. The Morgan fingerprint density at radius 2 is 1.78 bits per heavy atom. The molecule has 0 bridgehead atoms. The van der Waals surface area contributed by atoms with Crippen molar-refractivity contribution in [1.82, 2.24) is 0 Å². The van der Waals surface area contributed by atoms with Gasteiger partial charge in [-0.05, 0) is 31.2 Å². The van der Waals surface area contributed by atoms with Gasteiger partial charge in [-0.2, -0.15) is 15.2 Å². The van der Waals surface area contributed by atoms with Crippen molar-refractivity contribution in [3.8, 4) is 0 Å². The van der Waals surface area contributed by atoms with Gasteiger partial charge >= 0.3 is 5.91 Å². The van der Waals surface area contributed by atoms with Gasteiger partial charge in [0.1, 0.15) is 0 Å². The second kappa shape index (κ2) is 6.23. The summed E-state index contributed by atoms with van der Waals surface area (Å²) in [5, 5.41) is 9.67. The number of carbonyl (C=O) groups excluding carboxylic acids is 2. The number of nitrogens with zero attached hydrogens (tertiary/aromatic N) is 3. The van der Waals surface area contributed by atoms with Gasteiger partial charge in [0.2, 0.25) is 0 Å². The van der Waals surface area contributed by atoms with Crippen molar-refractivity contribution in [2.75, 3.05) is 10.4 Å². The third kappa shape index (κ3) is 2.87. The maximum atomic E-state index is 12.5. The summed E-state index contributed by atoms with van der Waals surface area (Å²) in [5.74, 6) is -0.315. The molecule has 3 rings (SSSR count). The number of para-hydroxylation sites is 2. The Balaban J connectivity index is 1.85. The van der Waals surface area contributed by atoms with Crippen LogP contribution in [0.3, 0.4) is 0 Å². The molecule has 0 aromatic heterocycles. The fraction of sp³-hybridized carbons (Fsp3) is 0.0588. The zero-order valence-electron chi connectivity index (χ0n) is 12.4. The number of nitrogens with one attached hydrogen (secondary N) is 1. The fourth-order valence-electron chi connectivity index (χ4n) is 2.19. The van der Waals surface area contributed by atoms with Crippen LogP contribution in [0.4, 0.5) is 11.4 Å². The predicted molar refractivity (Wildman–Crippen MR) is 89.9 cm³/mol. The van der Waals surface area contributed by atoms with Crippen LogP contribution in [0.15, 0.2) is 64.8 Å². The summed E-state index contributed by atoms with van der Waals surface area (Å²) in [7, 11) is 0. The summed E-state index contributed by atoms with van der Waals surface area (Å²) in [6.07, 6.45) is 0.732. The van der Waals surface area contributed by atoms with E-state index in [-0.39, 0.29) is 11.6 Å². The van der Waals surface area contributed by atoms with E-state index in [1.54, 1.807) is 43.3 Å². The topological polar surface area (TPSA) is 74.1 Å². The number of rotatable bonds is 4. The third-order valence-corrected chi connectivity index (χ3v) is 3.36. The highest BCUT2D eigenvalue weighted by molar-refractivity contribution is 6.71. The van der Waals surface area contributed by atoms with Gasteiger partial charge < -0.3 is 0 Å². The molecular formula is C17H14N4O2. The number of hydrogen-bond donors (Lipinski definition) is 1. The van der Waals surface area contributed by atoms with Gasteiger partial charge in [-0.1, -0.05) is 30.3 Å². The molecular weight excluding hydrogens is 292 g/mol. The molecule has 0 saturated carbocycles. The molecule has 0 aliphatic carbocycles. The number of amides is 1. The monoisotopic (exact) mass is 306 g/mol. The van der Waals surface area contributed by atoms with E-state index < -0.39 is 0 Å². The molecule has 1 aliphatic heterocycles. The molecule has 1 amide bonds. The Labute approximate surface area is 133 Å². The molecule has 114 valence electrons. The van der Waals surface area contributed by atoms with Crippen molar-refractivity contribution in [3.05, 3.63) is 60.2 Å². The minimum Gasteiger partial charge on any atom is -0.298 e. The lowest BCUT2D eigenvalue weighted by Crippen LogP contribution is -2.27. The van der Waals surface area contributed by atoms with Crippen molar-refractivity contribution in [2.45, 2.75) is 6.92 Å². The minimum atomic E-state index is -0.315. The molecule has 1 aliphatic rings. The van der Waals surface area contributed by atoms with Gasteiger partial charge in [0.05, 0.1) is 17.1 Å². The number of anilines is 2. The summed E-state index contributed by atoms with van der Waals surface area (Å²) >= 11 is 0.